The van der Waals surface area contributed by atoms with Gasteiger partial charge < -0.3 is 4.74 Å². The van der Waals surface area contributed by atoms with Gasteiger partial charge in [-0.05, 0) is 42.3 Å². The number of halogens is 1. The smallest absolute Gasteiger partial charge is 0.314 e. The SMILES string of the molecule is CCOC(=O)C(CS(=O)(=O)O)C(C)=C=C(C)Br. The van der Waals surface area contributed by atoms with E-state index in [2.05, 4.69) is 21.7 Å². The lowest BCUT2D eigenvalue weighted by Crippen LogP contribution is -2.26. The normalized spacial score (nSPS) is 12.5. The maximum Gasteiger partial charge on any atom is 0.314 e. The minimum atomic E-state index is -4.25. The van der Waals surface area contributed by atoms with Crippen molar-refractivity contribution >= 4 is 32.0 Å². The summed E-state index contributed by atoms with van der Waals surface area (Å²) in [6.07, 6.45) is 0. The van der Waals surface area contributed by atoms with Gasteiger partial charge in [0.1, 0.15) is 5.92 Å². The van der Waals surface area contributed by atoms with Gasteiger partial charge in [0, 0.05) is 4.48 Å². The molecule has 5 nitrogen and oxygen atoms in total. The zero-order valence-corrected chi connectivity index (χ0v) is 12.3. The molecule has 0 saturated heterocycles. The number of carbonyl (C=O) groups excluding carboxylic acids is 1. The molecule has 0 aliphatic carbocycles. The van der Waals surface area contributed by atoms with E-state index in [0.29, 0.717) is 10.1 Å². The van der Waals surface area contributed by atoms with Gasteiger partial charge in [0.15, 0.2) is 0 Å². The van der Waals surface area contributed by atoms with Crippen molar-refractivity contribution in [2.45, 2.75) is 20.8 Å². The molecule has 98 valence electrons. The summed E-state index contributed by atoms with van der Waals surface area (Å²) in [7, 11) is -4.25. The average Bonchev–Trinajstić information content (AvgIpc) is 2.11. The third-order valence-corrected chi connectivity index (χ3v) is 2.79. The Labute approximate surface area is 109 Å². The van der Waals surface area contributed by atoms with Crippen LogP contribution >= 0.6 is 15.9 Å². The van der Waals surface area contributed by atoms with E-state index in [1.54, 1.807) is 20.8 Å². The predicted molar refractivity (Wildman–Crippen MR) is 67.4 cm³/mol. The number of carbonyl (C=O) groups is 1. The van der Waals surface area contributed by atoms with Crippen LogP contribution in [0.2, 0.25) is 0 Å². The zero-order valence-electron chi connectivity index (χ0n) is 9.86. The fourth-order valence-electron chi connectivity index (χ4n) is 1.18. The van der Waals surface area contributed by atoms with Gasteiger partial charge >= 0.3 is 5.97 Å². The summed E-state index contributed by atoms with van der Waals surface area (Å²) < 4.78 is 35.8. The van der Waals surface area contributed by atoms with Gasteiger partial charge in [-0.25, -0.2) is 0 Å². The van der Waals surface area contributed by atoms with Crippen molar-refractivity contribution in [3.05, 3.63) is 15.8 Å². The molecule has 1 N–H and O–H groups in total. The summed E-state index contributed by atoms with van der Waals surface area (Å²) in [4.78, 5) is 11.6. The minimum Gasteiger partial charge on any atom is -0.465 e. The summed E-state index contributed by atoms with van der Waals surface area (Å²) in [5, 5.41) is 0. The minimum absolute atomic E-state index is 0.144. The lowest BCUT2D eigenvalue weighted by Gasteiger charge is -2.13. The molecule has 0 heterocycles. The van der Waals surface area contributed by atoms with Crippen molar-refractivity contribution in [3.63, 3.8) is 0 Å². The quantitative estimate of drug-likeness (QED) is 0.474. The summed E-state index contributed by atoms with van der Waals surface area (Å²) in [6, 6.07) is 0. The fraction of sp³-hybridized carbons (Fsp3) is 0.600. The first-order valence-electron chi connectivity index (χ1n) is 4.88. The Morgan fingerprint density at radius 1 is 1.47 bits per heavy atom. The number of hydrogen-bond donors (Lipinski definition) is 1. The van der Waals surface area contributed by atoms with E-state index in [0.717, 1.165) is 0 Å². The Morgan fingerprint density at radius 2 is 2.00 bits per heavy atom. The summed E-state index contributed by atoms with van der Waals surface area (Å²) in [6.45, 7) is 5.01. The van der Waals surface area contributed by atoms with Gasteiger partial charge in [-0.1, -0.05) is 0 Å². The zero-order chi connectivity index (χ0) is 13.6. The maximum absolute atomic E-state index is 11.6. The van der Waals surface area contributed by atoms with Gasteiger partial charge in [-0.3, -0.25) is 9.35 Å². The van der Waals surface area contributed by atoms with E-state index in [1.807, 2.05) is 0 Å². The molecule has 0 spiro atoms. The number of ether oxygens (including phenoxy) is 1. The third-order valence-electron chi connectivity index (χ3n) is 1.84. The molecule has 0 aromatic heterocycles. The molecule has 0 rings (SSSR count). The molecule has 0 radical (unpaired) electrons. The Balaban J connectivity index is 5.27. The molecular formula is C10H15BrO5S. The second-order valence-corrected chi connectivity index (χ2v) is 6.08. The van der Waals surface area contributed by atoms with Crippen LogP contribution in [0.1, 0.15) is 20.8 Å². The molecule has 17 heavy (non-hydrogen) atoms. The van der Waals surface area contributed by atoms with Gasteiger partial charge in [0.2, 0.25) is 0 Å². The Kier molecular flexibility index (Phi) is 6.70. The molecule has 0 aliphatic rings. The molecule has 0 saturated carbocycles. The first kappa shape index (κ1) is 16.4. The Hall–Kier alpha value is -0.620. The molecule has 0 amide bonds. The summed E-state index contributed by atoms with van der Waals surface area (Å²) >= 11 is 3.13. The van der Waals surface area contributed by atoms with E-state index in [1.165, 1.54) is 0 Å². The maximum atomic E-state index is 11.6. The fourth-order valence-corrected chi connectivity index (χ4v) is 2.30. The molecule has 7 heteroatoms. The van der Waals surface area contributed by atoms with Crippen molar-refractivity contribution in [3.8, 4) is 0 Å². The Morgan fingerprint density at radius 3 is 2.35 bits per heavy atom. The third kappa shape index (κ3) is 7.33. The van der Waals surface area contributed by atoms with Crippen molar-refractivity contribution in [1.82, 2.24) is 0 Å². The molecule has 0 aliphatic heterocycles. The van der Waals surface area contributed by atoms with E-state index in [4.69, 9.17) is 9.29 Å². The monoisotopic (exact) mass is 326 g/mol. The van der Waals surface area contributed by atoms with Crippen molar-refractivity contribution in [2.75, 3.05) is 12.4 Å². The van der Waals surface area contributed by atoms with Gasteiger partial charge in [0.25, 0.3) is 10.1 Å². The second-order valence-electron chi connectivity index (χ2n) is 3.39. The number of esters is 1. The van der Waals surface area contributed by atoms with Crippen LogP contribution in [0.4, 0.5) is 0 Å². The van der Waals surface area contributed by atoms with Crippen LogP contribution in [-0.2, 0) is 19.6 Å². The second kappa shape index (κ2) is 6.96. The van der Waals surface area contributed by atoms with Crippen LogP contribution in [0.3, 0.4) is 0 Å². The first-order chi connectivity index (χ1) is 7.67. The van der Waals surface area contributed by atoms with Crippen LogP contribution in [0.5, 0.6) is 0 Å². The molecule has 0 aromatic carbocycles. The summed E-state index contributed by atoms with van der Waals surface area (Å²) in [5.41, 5.74) is 3.16. The van der Waals surface area contributed by atoms with Crippen LogP contribution in [0, 0.1) is 5.92 Å². The largest absolute Gasteiger partial charge is 0.465 e. The van der Waals surface area contributed by atoms with Gasteiger partial charge in [-0.2, -0.15) is 8.42 Å². The standard InChI is InChI=1S/C10H15BrO5S/c1-4-16-10(12)9(6-17(13,14)15)7(2)5-8(3)11/h9H,4,6H2,1-3H3,(H,13,14,15). The van der Waals surface area contributed by atoms with Gasteiger partial charge in [-0.15, -0.1) is 5.73 Å². The average molecular weight is 327 g/mol. The molecule has 0 aromatic rings. The predicted octanol–water partition coefficient (Wildman–Crippen LogP) is 1.90. The lowest BCUT2D eigenvalue weighted by molar-refractivity contribution is -0.145. The van der Waals surface area contributed by atoms with Crippen LogP contribution in [-0.4, -0.2) is 31.3 Å². The van der Waals surface area contributed by atoms with Crippen LogP contribution in [0.25, 0.3) is 0 Å². The highest BCUT2D eigenvalue weighted by atomic mass is 79.9. The molecule has 1 atom stereocenters. The first-order valence-corrected chi connectivity index (χ1v) is 7.29. The number of rotatable bonds is 5. The highest BCUT2D eigenvalue weighted by molar-refractivity contribution is 9.11. The van der Waals surface area contributed by atoms with Crippen LogP contribution in [0.15, 0.2) is 15.8 Å². The van der Waals surface area contributed by atoms with Crippen molar-refractivity contribution in [1.29, 1.82) is 0 Å². The molecule has 0 bridgehead atoms. The molecule has 0 fully saturated rings. The van der Waals surface area contributed by atoms with E-state index in [-0.39, 0.29) is 6.61 Å². The molecular weight excluding hydrogens is 312 g/mol. The van der Waals surface area contributed by atoms with Gasteiger partial charge in [0.05, 0.1) is 12.4 Å². The van der Waals surface area contributed by atoms with Crippen LogP contribution < -0.4 is 0 Å². The van der Waals surface area contributed by atoms with Crippen molar-refractivity contribution in [2.24, 2.45) is 5.92 Å². The highest BCUT2D eigenvalue weighted by Gasteiger charge is 2.27. The number of hydrogen-bond acceptors (Lipinski definition) is 4. The van der Waals surface area contributed by atoms with Crippen molar-refractivity contribution < 1.29 is 22.5 Å². The summed E-state index contributed by atoms with van der Waals surface area (Å²) in [5.74, 6) is -2.44. The lowest BCUT2D eigenvalue weighted by atomic mass is 10.0. The van der Waals surface area contributed by atoms with E-state index in [9.17, 15) is 13.2 Å². The van der Waals surface area contributed by atoms with E-state index < -0.39 is 27.8 Å². The topological polar surface area (TPSA) is 80.7 Å². The highest BCUT2D eigenvalue weighted by Crippen LogP contribution is 2.16. The van der Waals surface area contributed by atoms with E-state index >= 15 is 0 Å². The Bertz CT molecular complexity index is 441. The molecule has 1 unspecified atom stereocenters.